The lowest BCUT2D eigenvalue weighted by Gasteiger charge is -2.34. The molecule has 2 heterocycles. The Hall–Kier alpha value is -1.92. The van der Waals surface area contributed by atoms with Gasteiger partial charge in [-0.1, -0.05) is 30.3 Å². The molecule has 0 saturated carbocycles. The van der Waals surface area contributed by atoms with Crippen molar-refractivity contribution in [3.8, 4) is 0 Å². The molecule has 0 aliphatic carbocycles. The van der Waals surface area contributed by atoms with Gasteiger partial charge in [-0.15, -0.1) is 0 Å². The van der Waals surface area contributed by atoms with Crippen LogP contribution in [0.15, 0.2) is 41.7 Å². The summed E-state index contributed by atoms with van der Waals surface area (Å²) in [6, 6.07) is 9.65. The Balaban J connectivity index is 1.41. The van der Waals surface area contributed by atoms with Crippen LogP contribution in [0.1, 0.15) is 18.4 Å². The van der Waals surface area contributed by atoms with Crippen LogP contribution >= 0.6 is 0 Å². The van der Waals surface area contributed by atoms with Crippen LogP contribution in [0.25, 0.3) is 0 Å². The Morgan fingerprint density at radius 3 is 2.44 bits per heavy atom. The summed E-state index contributed by atoms with van der Waals surface area (Å²) in [6.45, 7) is 4.90. The number of hydrogen-bond donors (Lipinski definition) is 1. The van der Waals surface area contributed by atoms with E-state index in [9.17, 15) is 9.18 Å². The number of carbonyl (C=O) groups excluding carboxylic acids is 1. The first-order valence-corrected chi connectivity index (χ1v) is 8.97. The number of rotatable bonds is 4. The van der Waals surface area contributed by atoms with Gasteiger partial charge in [-0.25, -0.2) is 9.18 Å². The number of ether oxygens (including phenoxy) is 1. The number of nitrogens with one attached hydrogen (secondary N) is 1. The van der Waals surface area contributed by atoms with E-state index in [4.69, 9.17) is 4.74 Å². The zero-order valence-corrected chi connectivity index (χ0v) is 14.5. The summed E-state index contributed by atoms with van der Waals surface area (Å²) < 4.78 is 19.7. The molecule has 0 spiro atoms. The molecule has 1 aromatic rings. The molecular weight excluding hydrogens is 321 g/mol. The molecule has 136 valence electrons. The first-order valence-electron chi connectivity index (χ1n) is 8.97. The molecule has 25 heavy (non-hydrogen) atoms. The standard InChI is InChI=1S/C19H26FN3O2/c20-18(17-6-8-21-9-7-17)14-22-10-12-23(13-11-22)19(24)25-15-16-4-2-1-3-5-16/h1-5,21H,6-15H2. The zero-order valence-electron chi connectivity index (χ0n) is 14.5. The molecule has 0 aromatic heterocycles. The van der Waals surface area contributed by atoms with Gasteiger partial charge in [0.25, 0.3) is 0 Å². The number of halogens is 1. The Kier molecular flexibility index (Phi) is 6.42. The van der Waals surface area contributed by atoms with E-state index in [2.05, 4.69) is 10.2 Å². The summed E-state index contributed by atoms with van der Waals surface area (Å²) in [5.74, 6) is 0.0154. The van der Waals surface area contributed by atoms with Gasteiger partial charge in [-0.05, 0) is 37.1 Å². The van der Waals surface area contributed by atoms with Crippen molar-refractivity contribution in [2.45, 2.75) is 19.4 Å². The van der Waals surface area contributed by atoms with Crippen LogP contribution in [0.2, 0.25) is 0 Å². The van der Waals surface area contributed by atoms with Crippen LogP contribution in [-0.4, -0.2) is 61.7 Å². The fraction of sp³-hybridized carbons (Fsp3) is 0.526. The molecule has 2 aliphatic heterocycles. The molecule has 1 aromatic carbocycles. The summed E-state index contributed by atoms with van der Waals surface area (Å²) in [6.07, 6.45) is 1.32. The normalized spacial score (nSPS) is 18.9. The van der Waals surface area contributed by atoms with Crippen LogP contribution < -0.4 is 5.32 Å². The van der Waals surface area contributed by atoms with Gasteiger partial charge in [-0.2, -0.15) is 0 Å². The number of benzene rings is 1. The maximum absolute atomic E-state index is 14.3. The summed E-state index contributed by atoms with van der Waals surface area (Å²) in [7, 11) is 0. The fourth-order valence-electron chi connectivity index (χ4n) is 3.21. The van der Waals surface area contributed by atoms with E-state index in [1.54, 1.807) is 4.90 Å². The lowest BCUT2D eigenvalue weighted by Crippen LogP contribution is -2.49. The predicted molar refractivity (Wildman–Crippen MR) is 94.9 cm³/mol. The Morgan fingerprint density at radius 1 is 1.08 bits per heavy atom. The molecule has 0 bridgehead atoms. The van der Waals surface area contributed by atoms with Crippen molar-refractivity contribution < 1.29 is 13.9 Å². The summed E-state index contributed by atoms with van der Waals surface area (Å²) in [4.78, 5) is 15.9. The van der Waals surface area contributed by atoms with Crippen molar-refractivity contribution in [1.82, 2.24) is 15.1 Å². The average Bonchev–Trinajstić information content (AvgIpc) is 2.68. The molecule has 2 aliphatic rings. The van der Waals surface area contributed by atoms with Crippen LogP contribution in [0, 0.1) is 0 Å². The topological polar surface area (TPSA) is 44.8 Å². The van der Waals surface area contributed by atoms with E-state index >= 15 is 0 Å². The minimum Gasteiger partial charge on any atom is -0.445 e. The molecule has 1 N–H and O–H groups in total. The monoisotopic (exact) mass is 347 g/mol. The molecule has 6 heteroatoms. The van der Waals surface area contributed by atoms with Gasteiger partial charge in [0, 0.05) is 26.2 Å². The van der Waals surface area contributed by atoms with Crippen molar-refractivity contribution in [2.75, 3.05) is 45.8 Å². The minimum absolute atomic E-state index is 0.0154. The maximum atomic E-state index is 14.3. The van der Waals surface area contributed by atoms with E-state index in [0.29, 0.717) is 32.7 Å². The van der Waals surface area contributed by atoms with Crippen molar-refractivity contribution in [2.24, 2.45) is 0 Å². The number of piperidine rings is 1. The van der Waals surface area contributed by atoms with Gasteiger partial charge >= 0.3 is 6.09 Å². The van der Waals surface area contributed by atoms with Gasteiger partial charge in [0.2, 0.25) is 0 Å². The minimum atomic E-state index is -0.291. The van der Waals surface area contributed by atoms with Gasteiger partial charge < -0.3 is 15.0 Å². The van der Waals surface area contributed by atoms with Crippen LogP contribution in [0.5, 0.6) is 0 Å². The molecule has 0 radical (unpaired) electrons. The smallest absolute Gasteiger partial charge is 0.410 e. The first kappa shape index (κ1) is 17.9. The van der Waals surface area contributed by atoms with Crippen LogP contribution in [0.3, 0.4) is 0 Å². The second-order valence-electron chi connectivity index (χ2n) is 6.56. The largest absolute Gasteiger partial charge is 0.445 e. The molecule has 0 atom stereocenters. The lowest BCUT2D eigenvalue weighted by atomic mass is 10.0. The van der Waals surface area contributed by atoms with E-state index in [0.717, 1.165) is 37.1 Å². The van der Waals surface area contributed by atoms with E-state index in [-0.39, 0.29) is 18.5 Å². The quantitative estimate of drug-likeness (QED) is 0.909. The number of nitrogens with zero attached hydrogens (tertiary/aromatic N) is 2. The summed E-state index contributed by atoms with van der Waals surface area (Å²) in [5.41, 5.74) is 1.92. The van der Waals surface area contributed by atoms with Crippen LogP contribution in [0.4, 0.5) is 9.18 Å². The van der Waals surface area contributed by atoms with Crippen molar-refractivity contribution in [3.63, 3.8) is 0 Å². The molecule has 5 nitrogen and oxygen atoms in total. The zero-order chi connectivity index (χ0) is 17.5. The molecular formula is C19H26FN3O2. The number of amides is 1. The van der Waals surface area contributed by atoms with E-state index in [1.807, 2.05) is 30.3 Å². The van der Waals surface area contributed by atoms with Crippen molar-refractivity contribution >= 4 is 6.09 Å². The van der Waals surface area contributed by atoms with Gasteiger partial charge in [-0.3, -0.25) is 4.90 Å². The second kappa shape index (κ2) is 8.97. The first-order chi connectivity index (χ1) is 12.2. The predicted octanol–water partition coefficient (Wildman–Crippen LogP) is 2.55. The Morgan fingerprint density at radius 2 is 1.76 bits per heavy atom. The van der Waals surface area contributed by atoms with Gasteiger partial charge in [0.05, 0.1) is 6.54 Å². The maximum Gasteiger partial charge on any atom is 0.410 e. The molecule has 1 amide bonds. The molecule has 2 fully saturated rings. The third-order valence-corrected chi connectivity index (χ3v) is 4.79. The Labute approximate surface area is 148 Å². The average molecular weight is 347 g/mol. The molecule has 3 rings (SSSR count). The van der Waals surface area contributed by atoms with E-state index < -0.39 is 0 Å². The number of hydrogen-bond acceptors (Lipinski definition) is 4. The Bertz CT molecular complexity index is 590. The highest BCUT2D eigenvalue weighted by atomic mass is 19.1. The highest BCUT2D eigenvalue weighted by Gasteiger charge is 2.23. The van der Waals surface area contributed by atoms with Crippen molar-refractivity contribution in [3.05, 3.63) is 47.3 Å². The second-order valence-corrected chi connectivity index (χ2v) is 6.56. The fourth-order valence-corrected chi connectivity index (χ4v) is 3.21. The highest BCUT2D eigenvalue weighted by molar-refractivity contribution is 5.67. The van der Waals surface area contributed by atoms with Gasteiger partial charge in [0.1, 0.15) is 12.4 Å². The molecule has 2 saturated heterocycles. The number of piperazine rings is 1. The van der Waals surface area contributed by atoms with E-state index in [1.165, 1.54) is 0 Å². The molecule has 0 unspecified atom stereocenters. The third kappa shape index (κ3) is 5.28. The number of carbonyl (C=O) groups is 1. The highest BCUT2D eigenvalue weighted by Crippen LogP contribution is 2.18. The van der Waals surface area contributed by atoms with Gasteiger partial charge in [0.15, 0.2) is 0 Å². The lowest BCUT2D eigenvalue weighted by molar-refractivity contribution is 0.0725. The van der Waals surface area contributed by atoms with Crippen molar-refractivity contribution in [1.29, 1.82) is 0 Å². The summed E-state index contributed by atoms with van der Waals surface area (Å²) >= 11 is 0. The third-order valence-electron chi connectivity index (χ3n) is 4.79. The summed E-state index contributed by atoms with van der Waals surface area (Å²) in [5, 5.41) is 3.24. The van der Waals surface area contributed by atoms with Crippen LogP contribution in [-0.2, 0) is 11.3 Å². The SMILES string of the molecule is O=C(OCc1ccccc1)N1CCN(CC(F)=C2CCNCC2)CC1.